The molecule has 0 radical (unpaired) electrons. The molecule has 7 heteroatoms. The predicted octanol–water partition coefficient (Wildman–Crippen LogP) is 0.538. The van der Waals surface area contributed by atoms with Crippen LogP contribution in [0.15, 0.2) is 0 Å². The van der Waals surface area contributed by atoms with E-state index in [4.69, 9.17) is 9.84 Å². The highest BCUT2D eigenvalue weighted by molar-refractivity contribution is 7.89. The van der Waals surface area contributed by atoms with Crippen molar-refractivity contribution in [3.63, 3.8) is 0 Å². The molecule has 1 heterocycles. The number of rotatable bonds is 7. The third-order valence-electron chi connectivity index (χ3n) is 3.07. The van der Waals surface area contributed by atoms with Gasteiger partial charge < -0.3 is 9.84 Å². The van der Waals surface area contributed by atoms with Crippen LogP contribution >= 0.6 is 0 Å². The van der Waals surface area contributed by atoms with Crippen molar-refractivity contribution in [1.82, 2.24) is 4.31 Å². The lowest BCUT2D eigenvalue weighted by Gasteiger charge is -2.23. The molecule has 1 rings (SSSR count). The van der Waals surface area contributed by atoms with E-state index in [9.17, 15) is 13.2 Å². The van der Waals surface area contributed by atoms with E-state index in [1.807, 2.05) is 0 Å². The molecule has 0 saturated carbocycles. The molecule has 6 nitrogen and oxygen atoms in total. The minimum atomic E-state index is -3.44. The van der Waals surface area contributed by atoms with Crippen LogP contribution in [0.1, 0.15) is 26.7 Å². The first kappa shape index (κ1) is 15.4. The average molecular weight is 279 g/mol. The molecule has 2 unspecified atom stereocenters. The number of hydrogen-bond donors (Lipinski definition) is 1. The van der Waals surface area contributed by atoms with E-state index in [0.717, 1.165) is 12.8 Å². The molecule has 18 heavy (non-hydrogen) atoms. The van der Waals surface area contributed by atoms with Crippen LogP contribution in [0.3, 0.4) is 0 Å². The van der Waals surface area contributed by atoms with Crippen LogP contribution in [0, 0.1) is 5.92 Å². The Bertz CT molecular complexity index is 375. The fourth-order valence-corrected chi connectivity index (χ4v) is 3.73. The first-order valence-electron chi connectivity index (χ1n) is 6.19. The summed E-state index contributed by atoms with van der Waals surface area (Å²) in [5.74, 6) is -1.74. The summed E-state index contributed by atoms with van der Waals surface area (Å²) < 4.78 is 30.8. The molecule has 0 aromatic rings. The number of carboxylic acids is 1. The largest absolute Gasteiger partial charge is 0.481 e. The Labute approximate surface area is 108 Å². The Morgan fingerprint density at radius 3 is 2.67 bits per heavy atom. The summed E-state index contributed by atoms with van der Waals surface area (Å²) in [7, 11) is -3.44. The second-order valence-corrected chi connectivity index (χ2v) is 6.62. The number of aliphatic carboxylic acids is 1. The van der Waals surface area contributed by atoms with Crippen LogP contribution in [-0.2, 0) is 19.6 Å². The van der Waals surface area contributed by atoms with E-state index in [0.29, 0.717) is 6.61 Å². The van der Waals surface area contributed by atoms with Gasteiger partial charge >= 0.3 is 5.97 Å². The lowest BCUT2D eigenvalue weighted by atomic mass is 10.2. The lowest BCUT2D eigenvalue weighted by molar-refractivity contribution is -0.141. The van der Waals surface area contributed by atoms with Crippen molar-refractivity contribution in [3.05, 3.63) is 0 Å². The minimum Gasteiger partial charge on any atom is -0.481 e. The highest BCUT2D eigenvalue weighted by Crippen LogP contribution is 2.16. The van der Waals surface area contributed by atoms with E-state index in [2.05, 4.69) is 0 Å². The van der Waals surface area contributed by atoms with Crippen molar-refractivity contribution in [1.29, 1.82) is 0 Å². The highest BCUT2D eigenvalue weighted by Gasteiger charge is 2.29. The standard InChI is InChI=1S/C11H21NO5S/c1-3-12(7-9(2)11(13)14)18(15,16)8-10-5-4-6-17-10/h9-10H,3-8H2,1-2H3,(H,13,14). The van der Waals surface area contributed by atoms with Crippen LogP contribution in [-0.4, -0.2) is 55.4 Å². The highest BCUT2D eigenvalue weighted by atomic mass is 32.2. The number of carboxylic acid groups (broad SMARTS) is 1. The number of hydrogen-bond acceptors (Lipinski definition) is 4. The van der Waals surface area contributed by atoms with Crippen LogP contribution in [0.25, 0.3) is 0 Å². The normalized spacial score (nSPS) is 22.3. The molecular weight excluding hydrogens is 258 g/mol. The molecule has 2 atom stereocenters. The predicted molar refractivity (Wildman–Crippen MR) is 66.8 cm³/mol. The summed E-state index contributed by atoms with van der Waals surface area (Å²) in [4.78, 5) is 10.8. The van der Waals surface area contributed by atoms with E-state index in [1.54, 1.807) is 6.92 Å². The molecule has 0 spiro atoms. The first-order valence-corrected chi connectivity index (χ1v) is 7.80. The molecule has 0 aromatic heterocycles. The molecule has 1 N–H and O–H groups in total. The molecule has 1 fully saturated rings. The number of ether oxygens (including phenoxy) is 1. The average Bonchev–Trinajstić information content (AvgIpc) is 2.76. The molecule has 0 aliphatic carbocycles. The van der Waals surface area contributed by atoms with Crippen molar-refractivity contribution >= 4 is 16.0 Å². The molecule has 0 amide bonds. The van der Waals surface area contributed by atoms with Crippen molar-refractivity contribution in [3.8, 4) is 0 Å². The van der Waals surface area contributed by atoms with Gasteiger partial charge in [-0.1, -0.05) is 13.8 Å². The van der Waals surface area contributed by atoms with Gasteiger partial charge in [0, 0.05) is 19.7 Å². The van der Waals surface area contributed by atoms with Gasteiger partial charge in [-0.25, -0.2) is 12.7 Å². The third kappa shape index (κ3) is 4.22. The number of nitrogens with zero attached hydrogens (tertiary/aromatic N) is 1. The summed E-state index contributed by atoms with van der Waals surface area (Å²) in [5.41, 5.74) is 0. The molecule has 1 saturated heterocycles. The Morgan fingerprint density at radius 2 is 2.22 bits per heavy atom. The maximum Gasteiger partial charge on any atom is 0.307 e. The van der Waals surface area contributed by atoms with Gasteiger partial charge in [-0.2, -0.15) is 0 Å². The van der Waals surface area contributed by atoms with Crippen LogP contribution in [0.5, 0.6) is 0 Å². The molecule has 1 aliphatic rings. The molecule has 0 aromatic carbocycles. The first-order chi connectivity index (χ1) is 8.36. The molecule has 1 aliphatic heterocycles. The van der Waals surface area contributed by atoms with Gasteiger partial charge in [0.2, 0.25) is 10.0 Å². The minimum absolute atomic E-state index is 0.0148. The van der Waals surface area contributed by atoms with Crippen molar-refractivity contribution in [2.24, 2.45) is 5.92 Å². The Balaban J connectivity index is 2.63. The Hall–Kier alpha value is -0.660. The Morgan fingerprint density at radius 1 is 1.56 bits per heavy atom. The van der Waals surface area contributed by atoms with Gasteiger partial charge in [0.15, 0.2) is 0 Å². The maximum atomic E-state index is 12.1. The van der Waals surface area contributed by atoms with Crippen LogP contribution in [0.4, 0.5) is 0 Å². The van der Waals surface area contributed by atoms with E-state index < -0.39 is 21.9 Å². The summed E-state index contributed by atoms with van der Waals surface area (Å²) in [6.07, 6.45) is 1.40. The zero-order valence-corrected chi connectivity index (χ0v) is 11.6. The van der Waals surface area contributed by atoms with E-state index in [-0.39, 0.29) is 24.9 Å². The Kier molecular flexibility index (Phi) is 5.55. The molecule has 0 bridgehead atoms. The number of sulfonamides is 1. The van der Waals surface area contributed by atoms with Gasteiger partial charge in [0.25, 0.3) is 0 Å². The van der Waals surface area contributed by atoms with Crippen molar-refractivity contribution in [2.45, 2.75) is 32.8 Å². The fourth-order valence-electron chi connectivity index (χ4n) is 1.94. The second kappa shape index (κ2) is 6.49. The summed E-state index contributed by atoms with van der Waals surface area (Å²) in [5, 5.41) is 8.83. The van der Waals surface area contributed by atoms with Crippen LogP contribution < -0.4 is 0 Å². The van der Waals surface area contributed by atoms with Gasteiger partial charge in [0.1, 0.15) is 0 Å². The fraction of sp³-hybridized carbons (Fsp3) is 0.909. The number of carbonyl (C=O) groups is 1. The third-order valence-corrected chi connectivity index (χ3v) is 5.05. The smallest absolute Gasteiger partial charge is 0.307 e. The van der Waals surface area contributed by atoms with Gasteiger partial charge in [-0.05, 0) is 12.8 Å². The van der Waals surface area contributed by atoms with Crippen molar-refractivity contribution < 1.29 is 23.1 Å². The lowest BCUT2D eigenvalue weighted by Crippen LogP contribution is -2.40. The van der Waals surface area contributed by atoms with Crippen molar-refractivity contribution in [2.75, 3.05) is 25.4 Å². The maximum absolute atomic E-state index is 12.1. The second-order valence-electron chi connectivity index (χ2n) is 4.60. The topological polar surface area (TPSA) is 83.9 Å². The van der Waals surface area contributed by atoms with Gasteiger partial charge in [-0.3, -0.25) is 4.79 Å². The van der Waals surface area contributed by atoms with Crippen LogP contribution in [0.2, 0.25) is 0 Å². The zero-order chi connectivity index (χ0) is 13.8. The van der Waals surface area contributed by atoms with E-state index >= 15 is 0 Å². The summed E-state index contributed by atoms with van der Waals surface area (Å²) in [6.45, 7) is 4.12. The molecular formula is C11H21NO5S. The summed E-state index contributed by atoms with van der Waals surface area (Å²) in [6, 6.07) is 0. The molecule has 106 valence electrons. The zero-order valence-electron chi connectivity index (χ0n) is 10.8. The monoisotopic (exact) mass is 279 g/mol. The van der Waals surface area contributed by atoms with Gasteiger partial charge in [0.05, 0.1) is 17.8 Å². The summed E-state index contributed by atoms with van der Waals surface area (Å²) >= 11 is 0. The quantitative estimate of drug-likeness (QED) is 0.735. The SMILES string of the molecule is CCN(CC(C)C(=O)O)S(=O)(=O)CC1CCCO1. The van der Waals surface area contributed by atoms with Gasteiger partial charge in [-0.15, -0.1) is 0 Å². The van der Waals surface area contributed by atoms with E-state index in [1.165, 1.54) is 11.2 Å².